The van der Waals surface area contributed by atoms with E-state index in [9.17, 15) is 0 Å². The summed E-state index contributed by atoms with van der Waals surface area (Å²) in [6, 6.07) is 0.727. The average molecular weight is 241 g/mol. The number of hydrogen-bond donors (Lipinski definition) is 1. The predicted molar refractivity (Wildman–Crippen MR) is 69.2 cm³/mol. The molecule has 17 heavy (non-hydrogen) atoms. The van der Waals surface area contributed by atoms with Crippen LogP contribution in [0.4, 0.5) is 0 Å². The first-order chi connectivity index (χ1) is 8.34. The molecule has 1 heterocycles. The Bertz CT molecular complexity index is 204. The summed E-state index contributed by atoms with van der Waals surface area (Å²) in [5.74, 6) is 0.897. The summed E-state index contributed by atoms with van der Waals surface area (Å²) in [5.41, 5.74) is 0. The first-order valence-corrected chi connectivity index (χ1v) is 7.27. The molecule has 0 aromatic carbocycles. The molecule has 0 aromatic heterocycles. The fourth-order valence-electron chi connectivity index (χ4n) is 2.95. The highest BCUT2D eigenvalue weighted by Gasteiger charge is 2.18. The highest BCUT2D eigenvalue weighted by molar-refractivity contribution is 4.75. The molecule has 100 valence electrons. The van der Waals surface area contributed by atoms with Crippen LogP contribution in [0.15, 0.2) is 0 Å². The van der Waals surface area contributed by atoms with E-state index >= 15 is 0 Å². The molecular weight excluding hydrogens is 214 g/mol. The minimum absolute atomic E-state index is 0.365. The SMILES string of the molecule is CC1CCCC(NCCOCC2CCCO2)C1. The van der Waals surface area contributed by atoms with Crippen LogP contribution in [0.1, 0.15) is 45.4 Å². The van der Waals surface area contributed by atoms with E-state index in [-0.39, 0.29) is 0 Å². The Morgan fingerprint density at radius 2 is 2.18 bits per heavy atom. The fourth-order valence-corrected chi connectivity index (χ4v) is 2.95. The van der Waals surface area contributed by atoms with E-state index < -0.39 is 0 Å². The van der Waals surface area contributed by atoms with Crippen molar-refractivity contribution in [2.75, 3.05) is 26.4 Å². The van der Waals surface area contributed by atoms with Gasteiger partial charge in [-0.15, -0.1) is 0 Å². The van der Waals surface area contributed by atoms with Crippen LogP contribution >= 0.6 is 0 Å². The van der Waals surface area contributed by atoms with Crippen LogP contribution in [0, 0.1) is 5.92 Å². The van der Waals surface area contributed by atoms with Gasteiger partial charge in [-0.2, -0.15) is 0 Å². The average Bonchev–Trinajstić information content (AvgIpc) is 2.82. The van der Waals surface area contributed by atoms with E-state index in [0.29, 0.717) is 6.10 Å². The van der Waals surface area contributed by atoms with Crippen molar-refractivity contribution in [3.05, 3.63) is 0 Å². The van der Waals surface area contributed by atoms with E-state index in [1.807, 2.05) is 0 Å². The Morgan fingerprint density at radius 1 is 1.24 bits per heavy atom. The Hall–Kier alpha value is -0.120. The summed E-state index contributed by atoms with van der Waals surface area (Å²) in [6.45, 7) is 5.88. The van der Waals surface area contributed by atoms with Crippen molar-refractivity contribution in [3.63, 3.8) is 0 Å². The molecule has 0 amide bonds. The van der Waals surface area contributed by atoms with Gasteiger partial charge in [0.25, 0.3) is 0 Å². The molecule has 3 heteroatoms. The second-order valence-electron chi connectivity index (χ2n) is 5.63. The van der Waals surface area contributed by atoms with Gasteiger partial charge in [0, 0.05) is 19.2 Å². The van der Waals surface area contributed by atoms with Gasteiger partial charge < -0.3 is 14.8 Å². The van der Waals surface area contributed by atoms with E-state index in [4.69, 9.17) is 9.47 Å². The molecular formula is C14H27NO2. The third kappa shape index (κ3) is 4.94. The third-order valence-corrected chi connectivity index (χ3v) is 3.94. The topological polar surface area (TPSA) is 30.5 Å². The summed E-state index contributed by atoms with van der Waals surface area (Å²) in [6.07, 6.45) is 8.22. The molecule has 0 radical (unpaired) electrons. The molecule has 0 spiro atoms. The Morgan fingerprint density at radius 3 is 2.94 bits per heavy atom. The van der Waals surface area contributed by atoms with Crippen LogP contribution in [0.3, 0.4) is 0 Å². The molecule has 3 atom stereocenters. The highest BCUT2D eigenvalue weighted by Crippen LogP contribution is 2.23. The molecule has 3 unspecified atom stereocenters. The van der Waals surface area contributed by atoms with Crippen molar-refractivity contribution in [1.29, 1.82) is 0 Å². The Kier molecular flexibility index (Phi) is 5.75. The molecule has 0 bridgehead atoms. The third-order valence-electron chi connectivity index (χ3n) is 3.94. The van der Waals surface area contributed by atoms with Crippen molar-refractivity contribution in [2.24, 2.45) is 5.92 Å². The van der Waals surface area contributed by atoms with E-state index in [2.05, 4.69) is 12.2 Å². The van der Waals surface area contributed by atoms with E-state index in [1.165, 1.54) is 38.5 Å². The number of rotatable bonds is 6. The van der Waals surface area contributed by atoms with Crippen molar-refractivity contribution in [1.82, 2.24) is 5.32 Å². The van der Waals surface area contributed by atoms with Crippen LogP contribution in [-0.2, 0) is 9.47 Å². The number of hydrogen-bond acceptors (Lipinski definition) is 3. The van der Waals surface area contributed by atoms with Gasteiger partial charge in [0.05, 0.1) is 19.3 Å². The zero-order chi connectivity index (χ0) is 11.9. The normalized spacial score (nSPS) is 34.1. The predicted octanol–water partition coefficient (Wildman–Crippen LogP) is 2.35. The first-order valence-electron chi connectivity index (χ1n) is 7.27. The molecule has 0 aromatic rings. The van der Waals surface area contributed by atoms with Crippen molar-refractivity contribution in [3.8, 4) is 0 Å². The molecule has 2 fully saturated rings. The molecule has 1 saturated heterocycles. The monoisotopic (exact) mass is 241 g/mol. The Labute approximate surface area is 105 Å². The van der Waals surface area contributed by atoms with E-state index in [0.717, 1.165) is 38.3 Å². The zero-order valence-corrected chi connectivity index (χ0v) is 11.1. The van der Waals surface area contributed by atoms with Gasteiger partial charge >= 0.3 is 0 Å². The van der Waals surface area contributed by atoms with Gasteiger partial charge in [-0.05, 0) is 31.6 Å². The van der Waals surface area contributed by atoms with Crippen LogP contribution in [0.25, 0.3) is 0 Å². The minimum Gasteiger partial charge on any atom is -0.377 e. The smallest absolute Gasteiger partial charge is 0.0809 e. The van der Waals surface area contributed by atoms with Crippen LogP contribution in [-0.4, -0.2) is 38.5 Å². The maximum absolute atomic E-state index is 5.65. The summed E-state index contributed by atoms with van der Waals surface area (Å²) < 4.78 is 11.2. The minimum atomic E-state index is 0.365. The zero-order valence-electron chi connectivity index (χ0n) is 11.1. The maximum Gasteiger partial charge on any atom is 0.0809 e. The Balaban J connectivity index is 1.45. The standard InChI is InChI=1S/C14H27NO2/c1-12-4-2-5-13(10-12)15-7-9-16-11-14-6-3-8-17-14/h12-15H,2-11H2,1H3. The van der Waals surface area contributed by atoms with Crippen LogP contribution < -0.4 is 5.32 Å². The lowest BCUT2D eigenvalue weighted by atomic mass is 9.87. The number of nitrogens with one attached hydrogen (secondary N) is 1. The van der Waals surface area contributed by atoms with Crippen molar-refractivity contribution >= 4 is 0 Å². The summed E-state index contributed by atoms with van der Waals surface area (Å²) in [4.78, 5) is 0. The van der Waals surface area contributed by atoms with Gasteiger partial charge in [-0.3, -0.25) is 0 Å². The quantitative estimate of drug-likeness (QED) is 0.724. The van der Waals surface area contributed by atoms with Crippen molar-refractivity contribution in [2.45, 2.75) is 57.6 Å². The largest absolute Gasteiger partial charge is 0.377 e. The van der Waals surface area contributed by atoms with Crippen LogP contribution in [0.2, 0.25) is 0 Å². The lowest BCUT2D eigenvalue weighted by Crippen LogP contribution is -2.36. The highest BCUT2D eigenvalue weighted by atomic mass is 16.5. The molecule has 1 N–H and O–H groups in total. The van der Waals surface area contributed by atoms with Gasteiger partial charge in [0.15, 0.2) is 0 Å². The van der Waals surface area contributed by atoms with Crippen LogP contribution in [0.5, 0.6) is 0 Å². The van der Waals surface area contributed by atoms with Gasteiger partial charge in [-0.25, -0.2) is 0 Å². The molecule has 3 nitrogen and oxygen atoms in total. The summed E-state index contributed by atoms with van der Waals surface area (Å²) >= 11 is 0. The van der Waals surface area contributed by atoms with E-state index in [1.54, 1.807) is 0 Å². The molecule has 1 aliphatic heterocycles. The van der Waals surface area contributed by atoms with Gasteiger partial charge in [0.2, 0.25) is 0 Å². The van der Waals surface area contributed by atoms with Gasteiger partial charge in [-0.1, -0.05) is 19.8 Å². The molecule has 2 rings (SSSR count). The lowest BCUT2D eigenvalue weighted by Gasteiger charge is -2.27. The molecule has 1 saturated carbocycles. The second kappa shape index (κ2) is 7.34. The maximum atomic E-state index is 5.65. The lowest BCUT2D eigenvalue weighted by molar-refractivity contribution is 0.0175. The molecule has 1 aliphatic carbocycles. The van der Waals surface area contributed by atoms with Crippen molar-refractivity contribution < 1.29 is 9.47 Å². The second-order valence-corrected chi connectivity index (χ2v) is 5.63. The number of ether oxygens (including phenoxy) is 2. The first kappa shape index (κ1) is 13.3. The summed E-state index contributed by atoms with van der Waals surface area (Å²) in [7, 11) is 0. The van der Waals surface area contributed by atoms with Gasteiger partial charge in [0.1, 0.15) is 0 Å². The fraction of sp³-hybridized carbons (Fsp3) is 1.00. The summed E-state index contributed by atoms with van der Waals surface area (Å²) in [5, 5.41) is 3.61. The molecule has 2 aliphatic rings.